The molecule has 1 fully saturated rings. The van der Waals surface area contributed by atoms with Crippen LogP contribution in [-0.2, 0) is 33.9 Å². The maximum absolute atomic E-state index is 13.4. The fraction of sp³-hybridized carbons (Fsp3) is 0.591. The lowest BCUT2D eigenvalue weighted by molar-refractivity contribution is -0.136. The molecule has 0 aromatic carbocycles. The Morgan fingerprint density at radius 2 is 1.94 bits per heavy atom. The van der Waals surface area contributed by atoms with Gasteiger partial charge < -0.3 is 9.47 Å². The van der Waals surface area contributed by atoms with Crippen molar-refractivity contribution in [3.05, 3.63) is 46.1 Å². The second kappa shape index (κ2) is 9.73. The van der Waals surface area contributed by atoms with Crippen molar-refractivity contribution in [2.24, 2.45) is 0 Å². The van der Waals surface area contributed by atoms with Gasteiger partial charge in [-0.2, -0.15) is 0 Å². The molecule has 0 aromatic rings. The summed E-state index contributed by atoms with van der Waals surface area (Å²) < 4.78 is 63.5. The molecule has 0 amide bonds. The van der Waals surface area contributed by atoms with E-state index in [4.69, 9.17) is 9.47 Å². The topological polar surface area (TPSA) is 104 Å². The first kappa shape index (κ1) is 23.8. The zero-order valence-corrected chi connectivity index (χ0v) is 19.6. The molecule has 172 valence electrons. The minimum Gasteiger partial charge on any atom is -0.493 e. The van der Waals surface area contributed by atoms with Crippen LogP contribution in [0.1, 0.15) is 51.9 Å². The number of methoxy groups -OCH3 is 1. The number of rotatable bonds is 9. The molecule has 1 heterocycles. The lowest BCUT2D eigenvalue weighted by atomic mass is 9.95. The van der Waals surface area contributed by atoms with Gasteiger partial charge in [0.25, 0.3) is 0 Å². The molecular formula is C22H30O7S2. The third kappa shape index (κ3) is 4.82. The van der Waals surface area contributed by atoms with Gasteiger partial charge in [0.2, 0.25) is 0 Å². The molecule has 1 saturated heterocycles. The number of sulfone groups is 2. The van der Waals surface area contributed by atoms with Crippen molar-refractivity contribution in [3.63, 3.8) is 0 Å². The molecule has 0 aromatic heterocycles. The van der Waals surface area contributed by atoms with Crippen LogP contribution >= 0.6 is 0 Å². The van der Waals surface area contributed by atoms with Crippen molar-refractivity contribution < 1.29 is 31.1 Å². The molecule has 3 aliphatic rings. The molecule has 0 saturated carbocycles. The number of allylic oxidation sites excluding steroid dienone is 4. The van der Waals surface area contributed by atoms with Crippen LogP contribution in [0.3, 0.4) is 0 Å². The Labute approximate surface area is 184 Å². The predicted molar refractivity (Wildman–Crippen MR) is 119 cm³/mol. The number of carbonyl (C=O) groups excluding carboxylic acids is 1. The molecule has 0 N–H and O–H groups in total. The van der Waals surface area contributed by atoms with Crippen LogP contribution in [0.4, 0.5) is 0 Å². The normalized spacial score (nSPS) is 25.0. The zero-order chi connectivity index (χ0) is 22.6. The fourth-order valence-corrected chi connectivity index (χ4v) is 9.05. The van der Waals surface area contributed by atoms with Crippen LogP contribution in [0.5, 0.6) is 0 Å². The molecular weight excluding hydrogens is 440 g/mol. The van der Waals surface area contributed by atoms with Crippen LogP contribution in [0.25, 0.3) is 0 Å². The number of esters is 1. The van der Waals surface area contributed by atoms with Crippen molar-refractivity contribution in [1.29, 1.82) is 0 Å². The van der Waals surface area contributed by atoms with Gasteiger partial charge in [0.05, 0.1) is 35.2 Å². The highest BCUT2D eigenvalue weighted by molar-refractivity contribution is 7.99. The van der Waals surface area contributed by atoms with Crippen LogP contribution < -0.4 is 0 Å². The average Bonchev–Trinajstić information content (AvgIpc) is 3.05. The molecule has 31 heavy (non-hydrogen) atoms. The number of unbranched alkanes of at least 4 members (excludes halogenated alkanes) is 3. The number of hydrogen-bond donors (Lipinski definition) is 0. The van der Waals surface area contributed by atoms with E-state index < -0.39 is 41.9 Å². The molecule has 9 heteroatoms. The molecule has 2 atom stereocenters. The first-order valence-corrected chi connectivity index (χ1v) is 14.0. The maximum Gasteiger partial charge on any atom is 0.341 e. The number of hydrogen-bond acceptors (Lipinski definition) is 7. The van der Waals surface area contributed by atoms with Gasteiger partial charge >= 0.3 is 5.97 Å². The summed E-state index contributed by atoms with van der Waals surface area (Å²) in [6, 6.07) is 0. The van der Waals surface area contributed by atoms with Gasteiger partial charge in [-0.25, -0.2) is 21.6 Å². The summed E-state index contributed by atoms with van der Waals surface area (Å²) in [7, 11) is -6.43. The maximum atomic E-state index is 13.4. The molecule has 0 radical (unpaired) electrons. The monoisotopic (exact) mass is 470 g/mol. The summed E-state index contributed by atoms with van der Waals surface area (Å²) in [6.45, 7) is 2.36. The zero-order valence-electron chi connectivity index (χ0n) is 18.0. The van der Waals surface area contributed by atoms with E-state index in [-0.39, 0.29) is 34.8 Å². The summed E-state index contributed by atoms with van der Waals surface area (Å²) in [5, 5.41) is -2.27. The van der Waals surface area contributed by atoms with Crippen molar-refractivity contribution in [1.82, 2.24) is 0 Å². The Balaban J connectivity index is 2.06. The summed E-state index contributed by atoms with van der Waals surface area (Å²) in [5.74, 6) is -1.10. The SMILES string of the molecule is CCCCCCOC1=C2C(CC=C1C(=O)OC)S(=O)(=O)CC2S(=O)(=O)C1=CCCC=C1. The van der Waals surface area contributed by atoms with E-state index in [0.717, 1.165) is 32.1 Å². The quantitative estimate of drug-likeness (QED) is 0.377. The third-order valence-corrected chi connectivity index (χ3v) is 10.3. The Bertz CT molecular complexity index is 1040. The van der Waals surface area contributed by atoms with Crippen LogP contribution in [0.2, 0.25) is 0 Å². The molecule has 0 bridgehead atoms. The van der Waals surface area contributed by atoms with Crippen molar-refractivity contribution in [3.8, 4) is 0 Å². The Kier molecular flexibility index (Phi) is 7.47. The second-order valence-electron chi connectivity index (χ2n) is 7.98. The Morgan fingerprint density at radius 3 is 2.58 bits per heavy atom. The van der Waals surface area contributed by atoms with Gasteiger partial charge in [-0.05, 0) is 31.8 Å². The molecule has 1 aliphatic heterocycles. The first-order chi connectivity index (χ1) is 14.7. The number of ether oxygens (including phenoxy) is 2. The standard InChI is InChI=1S/C22H30O7S2/c1-3-4-5-9-14-29-21-17(22(23)28-2)12-13-18-20(21)19(15-30(18,24)25)31(26,27)16-10-7-6-8-11-16/h7,10-12,18-19H,3-6,8-9,13-15H2,1-2H3. The van der Waals surface area contributed by atoms with Crippen molar-refractivity contribution >= 4 is 25.6 Å². The molecule has 2 unspecified atom stereocenters. The summed E-state index contributed by atoms with van der Waals surface area (Å²) >= 11 is 0. The minimum atomic E-state index is -3.95. The van der Waals surface area contributed by atoms with Crippen molar-refractivity contribution in [2.75, 3.05) is 19.5 Å². The predicted octanol–water partition coefficient (Wildman–Crippen LogP) is 3.15. The van der Waals surface area contributed by atoms with E-state index in [2.05, 4.69) is 6.92 Å². The van der Waals surface area contributed by atoms with E-state index in [1.807, 2.05) is 0 Å². The number of carbonyl (C=O) groups is 1. The minimum absolute atomic E-state index is 0.0334. The van der Waals surface area contributed by atoms with E-state index in [1.54, 1.807) is 12.2 Å². The molecule has 3 rings (SSSR count). The van der Waals surface area contributed by atoms with E-state index >= 15 is 0 Å². The highest BCUT2D eigenvalue weighted by atomic mass is 32.2. The molecule has 0 spiro atoms. The van der Waals surface area contributed by atoms with Gasteiger partial charge in [0.15, 0.2) is 19.7 Å². The third-order valence-electron chi connectivity index (χ3n) is 5.87. The highest BCUT2D eigenvalue weighted by Gasteiger charge is 2.53. The first-order valence-electron chi connectivity index (χ1n) is 10.7. The largest absolute Gasteiger partial charge is 0.493 e. The summed E-state index contributed by atoms with van der Waals surface area (Å²) in [6.07, 6.45) is 11.5. The fourth-order valence-electron chi connectivity index (χ4n) is 4.23. The van der Waals surface area contributed by atoms with Gasteiger partial charge in [0.1, 0.15) is 11.0 Å². The van der Waals surface area contributed by atoms with Crippen molar-refractivity contribution in [2.45, 2.75) is 62.4 Å². The van der Waals surface area contributed by atoms with E-state index in [0.29, 0.717) is 6.42 Å². The number of fused-ring (bicyclic) bond motifs is 1. The molecule has 2 aliphatic carbocycles. The van der Waals surface area contributed by atoms with Gasteiger partial charge in [-0.1, -0.05) is 44.4 Å². The van der Waals surface area contributed by atoms with E-state index in [1.165, 1.54) is 19.3 Å². The van der Waals surface area contributed by atoms with E-state index in [9.17, 15) is 21.6 Å². The summed E-state index contributed by atoms with van der Waals surface area (Å²) in [4.78, 5) is 12.5. The van der Waals surface area contributed by atoms with Crippen LogP contribution in [0.15, 0.2) is 46.1 Å². The molecule has 7 nitrogen and oxygen atoms in total. The highest BCUT2D eigenvalue weighted by Crippen LogP contribution is 2.43. The lowest BCUT2D eigenvalue weighted by Gasteiger charge is -2.25. The summed E-state index contributed by atoms with van der Waals surface area (Å²) in [5.41, 5.74) is 0.285. The smallest absolute Gasteiger partial charge is 0.341 e. The Hall–Kier alpha value is -1.87. The second-order valence-corrected chi connectivity index (χ2v) is 12.3. The van der Waals surface area contributed by atoms with Crippen LogP contribution in [-0.4, -0.2) is 52.8 Å². The average molecular weight is 471 g/mol. The van der Waals surface area contributed by atoms with Gasteiger partial charge in [-0.15, -0.1) is 0 Å². The Morgan fingerprint density at radius 1 is 1.16 bits per heavy atom. The lowest BCUT2D eigenvalue weighted by Crippen LogP contribution is -2.30. The van der Waals surface area contributed by atoms with Gasteiger partial charge in [-0.3, -0.25) is 0 Å². The van der Waals surface area contributed by atoms with Gasteiger partial charge in [0, 0.05) is 5.57 Å². The van der Waals surface area contributed by atoms with Crippen LogP contribution in [0, 0.1) is 0 Å².